The minimum absolute atomic E-state index is 0.178. The summed E-state index contributed by atoms with van der Waals surface area (Å²) < 4.78 is 14.9. The second-order valence-electron chi connectivity index (χ2n) is 5.29. The van der Waals surface area contributed by atoms with Crippen LogP contribution in [-0.2, 0) is 23.9 Å². The number of hydrogen-bond acceptors (Lipinski definition) is 7. The zero-order valence-electron chi connectivity index (χ0n) is 14.7. The third kappa shape index (κ3) is 5.30. The molecule has 0 aromatic heterocycles. The van der Waals surface area contributed by atoms with Gasteiger partial charge in [0.2, 0.25) is 5.91 Å². The van der Waals surface area contributed by atoms with E-state index in [4.69, 9.17) is 9.47 Å². The van der Waals surface area contributed by atoms with Crippen LogP contribution in [0.3, 0.4) is 0 Å². The Kier molecular flexibility index (Phi) is 7.10. The second-order valence-corrected chi connectivity index (χ2v) is 5.29. The molecular weight excluding hydrogens is 330 g/mol. The van der Waals surface area contributed by atoms with Crippen molar-refractivity contribution < 1.29 is 33.4 Å². The lowest BCUT2D eigenvalue weighted by molar-refractivity contribution is -0.150. The molecule has 1 amide bonds. The summed E-state index contributed by atoms with van der Waals surface area (Å²) in [7, 11) is 2.54. The first-order valence-corrected chi connectivity index (χ1v) is 7.43. The minimum atomic E-state index is -1.22. The number of amides is 1. The molecule has 1 aromatic carbocycles. The van der Waals surface area contributed by atoms with Crippen molar-refractivity contribution in [3.05, 3.63) is 23.8 Å². The first-order chi connectivity index (χ1) is 11.7. The van der Waals surface area contributed by atoms with E-state index in [1.807, 2.05) is 0 Å². The van der Waals surface area contributed by atoms with Gasteiger partial charge in [-0.15, -0.1) is 0 Å². The number of ketones is 1. The SMILES string of the molecule is COC(=O)[C@@H](C(C)=O)[C@@H](NC(C)=O)c1ccc(OC(C)=O)c(OC)c1. The molecule has 1 aromatic rings. The van der Waals surface area contributed by atoms with Crippen molar-refractivity contribution in [2.75, 3.05) is 14.2 Å². The maximum Gasteiger partial charge on any atom is 0.318 e. The molecule has 0 aliphatic heterocycles. The predicted octanol–water partition coefficient (Wildman–Crippen LogP) is 1.18. The Hall–Kier alpha value is -2.90. The summed E-state index contributed by atoms with van der Waals surface area (Å²) in [6.07, 6.45) is 0. The Morgan fingerprint density at radius 1 is 1.00 bits per heavy atom. The van der Waals surface area contributed by atoms with Crippen molar-refractivity contribution in [3.8, 4) is 11.5 Å². The molecule has 25 heavy (non-hydrogen) atoms. The van der Waals surface area contributed by atoms with E-state index in [1.165, 1.54) is 46.1 Å². The smallest absolute Gasteiger partial charge is 0.318 e. The minimum Gasteiger partial charge on any atom is -0.493 e. The fourth-order valence-electron chi connectivity index (χ4n) is 2.36. The molecule has 0 aliphatic carbocycles. The van der Waals surface area contributed by atoms with E-state index in [-0.39, 0.29) is 11.5 Å². The highest BCUT2D eigenvalue weighted by molar-refractivity contribution is 5.99. The number of benzene rings is 1. The third-order valence-corrected chi connectivity index (χ3v) is 3.39. The van der Waals surface area contributed by atoms with Gasteiger partial charge in [0, 0.05) is 13.8 Å². The van der Waals surface area contributed by atoms with Crippen molar-refractivity contribution in [3.63, 3.8) is 0 Å². The molecule has 1 rings (SSSR count). The maximum absolute atomic E-state index is 12.0. The van der Waals surface area contributed by atoms with Crippen molar-refractivity contribution in [2.45, 2.75) is 26.8 Å². The van der Waals surface area contributed by atoms with E-state index in [0.29, 0.717) is 5.56 Å². The van der Waals surface area contributed by atoms with Crippen LogP contribution >= 0.6 is 0 Å². The van der Waals surface area contributed by atoms with Crippen molar-refractivity contribution in [2.24, 2.45) is 5.92 Å². The molecule has 2 atom stereocenters. The molecule has 136 valence electrons. The van der Waals surface area contributed by atoms with E-state index >= 15 is 0 Å². The summed E-state index contributed by atoms with van der Waals surface area (Å²) in [5.74, 6) is -3.02. The molecule has 0 saturated carbocycles. The number of nitrogens with one attached hydrogen (secondary N) is 1. The summed E-state index contributed by atoms with van der Waals surface area (Å²) in [4.78, 5) is 46.7. The number of methoxy groups -OCH3 is 2. The van der Waals surface area contributed by atoms with E-state index in [1.54, 1.807) is 0 Å². The fraction of sp³-hybridized carbons (Fsp3) is 0.412. The lowest BCUT2D eigenvalue weighted by Gasteiger charge is -2.25. The summed E-state index contributed by atoms with van der Waals surface area (Å²) in [5, 5.41) is 2.58. The molecule has 0 aliphatic rings. The highest BCUT2D eigenvalue weighted by atomic mass is 16.6. The van der Waals surface area contributed by atoms with Crippen LogP contribution in [0.5, 0.6) is 11.5 Å². The topological polar surface area (TPSA) is 108 Å². The van der Waals surface area contributed by atoms with Crippen LogP contribution in [0.15, 0.2) is 18.2 Å². The van der Waals surface area contributed by atoms with Crippen molar-refractivity contribution >= 4 is 23.6 Å². The number of Topliss-reactive ketones (excluding diaryl/α,β-unsaturated/α-hetero) is 1. The van der Waals surface area contributed by atoms with Gasteiger partial charge in [-0.05, 0) is 24.6 Å². The van der Waals surface area contributed by atoms with Gasteiger partial charge in [0.1, 0.15) is 11.7 Å². The van der Waals surface area contributed by atoms with Gasteiger partial charge in [-0.3, -0.25) is 19.2 Å². The molecule has 8 nitrogen and oxygen atoms in total. The van der Waals surface area contributed by atoms with Gasteiger partial charge < -0.3 is 19.5 Å². The van der Waals surface area contributed by atoms with Crippen LogP contribution in [0, 0.1) is 5.92 Å². The average Bonchev–Trinajstić information content (AvgIpc) is 2.53. The molecule has 8 heteroatoms. The predicted molar refractivity (Wildman–Crippen MR) is 87.0 cm³/mol. The normalized spacial score (nSPS) is 12.5. The number of carbonyl (C=O) groups excluding carboxylic acids is 4. The Labute approximate surface area is 145 Å². The standard InChI is InChI=1S/C17H21NO7/c1-9(19)15(17(22)24-5)16(18-10(2)20)12-6-7-13(25-11(3)21)14(8-12)23-4/h6-8,15-16H,1-5H3,(H,18,20)/t15-,16-/m0/s1. The van der Waals surface area contributed by atoms with Crippen LogP contribution in [0.4, 0.5) is 0 Å². The van der Waals surface area contributed by atoms with Gasteiger partial charge >= 0.3 is 11.9 Å². The van der Waals surface area contributed by atoms with E-state index in [2.05, 4.69) is 10.1 Å². The van der Waals surface area contributed by atoms with Gasteiger partial charge in [0.25, 0.3) is 0 Å². The fourth-order valence-corrected chi connectivity index (χ4v) is 2.36. The van der Waals surface area contributed by atoms with Gasteiger partial charge in [0.15, 0.2) is 11.5 Å². The highest BCUT2D eigenvalue weighted by Crippen LogP contribution is 2.33. The molecule has 0 heterocycles. The molecular formula is C17H21NO7. The zero-order chi connectivity index (χ0) is 19.1. The van der Waals surface area contributed by atoms with E-state index in [9.17, 15) is 19.2 Å². The third-order valence-electron chi connectivity index (χ3n) is 3.39. The Morgan fingerprint density at radius 3 is 2.08 bits per heavy atom. The first kappa shape index (κ1) is 20.1. The van der Waals surface area contributed by atoms with Gasteiger partial charge in [0.05, 0.1) is 20.3 Å². The monoisotopic (exact) mass is 351 g/mol. The molecule has 1 N–H and O–H groups in total. The highest BCUT2D eigenvalue weighted by Gasteiger charge is 2.35. The molecule has 0 radical (unpaired) electrons. The summed E-state index contributed by atoms with van der Waals surface area (Å²) in [5.41, 5.74) is 0.425. The Morgan fingerprint density at radius 2 is 1.64 bits per heavy atom. The Bertz CT molecular complexity index is 684. The van der Waals surface area contributed by atoms with Crippen LogP contribution in [0.25, 0.3) is 0 Å². The number of esters is 2. The van der Waals surface area contributed by atoms with Crippen LogP contribution in [-0.4, -0.2) is 37.8 Å². The summed E-state index contributed by atoms with van der Waals surface area (Å²) >= 11 is 0. The van der Waals surface area contributed by atoms with Gasteiger partial charge in [-0.2, -0.15) is 0 Å². The molecule has 0 saturated heterocycles. The number of carbonyl (C=O) groups is 4. The molecule has 0 fully saturated rings. The lowest BCUT2D eigenvalue weighted by Crippen LogP contribution is -2.39. The molecule has 0 unspecified atom stereocenters. The summed E-state index contributed by atoms with van der Waals surface area (Å²) in [6.45, 7) is 3.75. The van der Waals surface area contributed by atoms with Gasteiger partial charge in [-0.25, -0.2) is 0 Å². The zero-order valence-corrected chi connectivity index (χ0v) is 14.7. The lowest BCUT2D eigenvalue weighted by atomic mass is 9.89. The van der Waals surface area contributed by atoms with Crippen molar-refractivity contribution in [1.82, 2.24) is 5.32 Å². The number of ether oxygens (including phenoxy) is 3. The number of hydrogen-bond donors (Lipinski definition) is 1. The molecule has 0 bridgehead atoms. The summed E-state index contributed by atoms with van der Waals surface area (Å²) in [6, 6.07) is 3.51. The maximum atomic E-state index is 12.0. The molecule has 0 spiro atoms. The van der Waals surface area contributed by atoms with Crippen LogP contribution in [0.1, 0.15) is 32.4 Å². The largest absolute Gasteiger partial charge is 0.493 e. The second kappa shape index (κ2) is 8.81. The van der Waals surface area contributed by atoms with Crippen LogP contribution in [0.2, 0.25) is 0 Å². The van der Waals surface area contributed by atoms with Crippen molar-refractivity contribution in [1.29, 1.82) is 0 Å². The van der Waals surface area contributed by atoms with Crippen LogP contribution < -0.4 is 14.8 Å². The first-order valence-electron chi connectivity index (χ1n) is 7.43. The quantitative estimate of drug-likeness (QED) is 0.446. The Balaban J connectivity index is 3.39. The van der Waals surface area contributed by atoms with E-state index < -0.39 is 35.6 Å². The number of rotatable bonds is 7. The average molecular weight is 351 g/mol. The van der Waals surface area contributed by atoms with E-state index in [0.717, 1.165) is 7.11 Å². The van der Waals surface area contributed by atoms with Gasteiger partial charge in [-0.1, -0.05) is 6.07 Å².